The monoisotopic (exact) mass is 206 g/mol. The molecule has 3 rings (SSSR count). The smallest absolute Gasteiger partial charge is 0.156 e. The van der Waals surface area contributed by atoms with Crippen LogP contribution in [-0.4, -0.2) is 42.3 Å². The third kappa shape index (κ3) is 1.43. The zero-order valence-corrected chi connectivity index (χ0v) is 8.73. The van der Waals surface area contributed by atoms with E-state index in [2.05, 4.69) is 20.2 Å². The van der Waals surface area contributed by atoms with Gasteiger partial charge in [0, 0.05) is 13.1 Å². The van der Waals surface area contributed by atoms with Gasteiger partial charge in [0.1, 0.15) is 5.82 Å². The lowest BCUT2D eigenvalue weighted by Crippen LogP contribution is -2.52. The quantitative estimate of drug-likeness (QED) is 0.666. The summed E-state index contributed by atoms with van der Waals surface area (Å²) in [6.07, 6.45) is 1.86. The van der Waals surface area contributed by atoms with Crippen LogP contribution in [0.4, 0.5) is 11.5 Å². The molecule has 15 heavy (non-hydrogen) atoms. The Hall–Kier alpha value is -1.36. The average Bonchev–Trinajstić information content (AvgIpc) is 2.29. The SMILES string of the molecule is Cc1ncc2c(n1)N1CCOCC1CN2. The molecule has 1 fully saturated rings. The third-order valence-electron chi connectivity index (χ3n) is 2.92. The van der Waals surface area contributed by atoms with Crippen molar-refractivity contribution in [2.45, 2.75) is 13.0 Å². The molecule has 0 aromatic carbocycles. The molecule has 1 aromatic heterocycles. The minimum atomic E-state index is 0.417. The van der Waals surface area contributed by atoms with Crippen molar-refractivity contribution in [3.63, 3.8) is 0 Å². The molecule has 80 valence electrons. The normalized spacial score (nSPS) is 24.1. The molecule has 5 heteroatoms. The number of fused-ring (bicyclic) bond motifs is 3. The molecular weight excluding hydrogens is 192 g/mol. The first-order chi connectivity index (χ1) is 7.34. The minimum absolute atomic E-state index is 0.417. The van der Waals surface area contributed by atoms with Crippen molar-refractivity contribution in [1.29, 1.82) is 0 Å². The van der Waals surface area contributed by atoms with Crippen molar-refractivity contribution in [1.82, 2.24) is 9.97 Å². The van der Waals surface area contributed by atoms with E-state index in [-0.39, 0.29) is 0 Å². The van der Waals surface area contributed by atoms with E-state index in [0.717, 1.165) is 43.6 Å². The summed E-state index contributed by atoms with van der Waals surface area (Å²) in [7, 11) is 0. The summed E-state index contributed by atoms with van der Waals surface area (Å²) >= 11 is 0. The lowest BCUT2D eigenvalue weighted by Gasteiger charge is -2.41. The molecule has 3 heterocycles. The lowest BCUT2D eigenvalue weighted by molar-refractivity contribution is 0.0959. The first-order valence-electron chi connectivity index (χ1n) is 5.26. The Bertz CT molecular complexity index is 382. The Kier molecular flexibility index (Phi) is 1.98. The standard InChI is InChI=1S/C10H14N4O/c1-7-11-5-9-10(13-7)14-2-3-15-6-8(14)4-12-9/h5,8,12H,2-4,6H2,1H3. The van der Waals surface area contributed by atoms with Crippen LogP contribution >= 0.6 is 0 Å². The van der Waals surface area contributed by atoms with Gasteiger partial charge >= 0.3 is 0 Å². The zero-order chi connectivity index (χ0) is 10.3. The molecule has 0 spiro atoms. The highest BCUT2D eigenvalue weighted by Crippen LogP contribution is 2.29. The second-order valence-corrected chi connectivity index (χ2v) is 3.96. The number of nitrogens with zero attached hydrogens (tertiary/aromatic N) is 3. The highest BCUT2D eigenvalue weighted by Gasteiger charge is 2.30. The van der Waals surface area contributed by atoms with Crippen molar-refractivity contribution in [3.05, 3.63) is 12.0 Å². The van der Waals surface area contributed by atoms with Gasteiger partial charge in [-0.2, -0.15) is 0 Å². The number of rotatable bonds is 0. The Morgan fingerprint density at radius 2 is 2.53 bits per heavy atom. The fraction of sp³-hybridized carbons (Fsp3) is 0.600. The summed E-state index contributed by atoms with van der Waals surface area (Å²) < 4.78 is 5.46. The van der Waals surface area contributed by atoms with Gasteiger partial charge in [0.15, 0.2) is 5.82 Å². The largest absolute Gasteiger partial charge is 0.379 e. The molecule has 1 aromatic rings. The van der Waals surface area contributed by atoms with Crippen molar-refractivity contribution < 1.29 is 4.74 Å². The maximum absolute atomic E-state index is 5.46. The molecule has 0 aliphatic carbocycles. The van der Waals surface area contributed by atoms with E-state index >= 15 is 0 Å². The van der Waals surface area contributed by atoms with Crippen LogP contribution in [0.15, 0.2) is 6.20 Å². The molecule has 0 saturated carbocycles. The number of morpholine rings is 1. The van der Waals surface area contributed by atoms with Gasteiger partial charge in [0.2, 0.25) is 0 Å². The second kappa shape index (κ2) is 3.34. The first kappa shape index (κ1) is 8.91. The van der Waals surface area contributed by atoms with Gasteiger partial charge in [0.05, 0.1) is 31.1 Å². The molecule has 2 aliphatic heterocycles. The van der Waals surface area contributed by atoms with E-state index in [4.69, 9.17) is 4.74 Å². The van der Waals surface area contributed by atoms with Crippen molar-refractivity contribution in [2.24, 2.45) is 0 Å². The fourth-order valence-electron chi connectivity index (χ4n) is 2.13. The Labute approximate surface area is 88.5 Å². The molecule has 0 radical (unpaired) electrons. The fourth-order valence-corrected chi connectivity index (χ4v) is 2.13. The van der Waals surface area contributed by atoms with Crippen LogP contribution in [-0.2, 0) is 4.74 Å². The zero-order valence-electron chi connectivity index (χ0n) is 8.73. The predicted molar refractivity (Wildman–Crippen MR) is 57.2 cm³/mol. The molecule has 2 aliphatic rings. The molecule has 5 nitrogen and oxygen atoms in total. The summed E-state index contributed by atoms with van der Waals surface area (Å²) in [4.78, 5) is 11.0. The highest BCUT2D eigenvalue weighted by atomic mass is 16.5. The van der Waals surface area contributed by atoms with Crippen LogP contribution in [0.25, 0.3) is 0 Å². The number of nitrogens with one attached hydrogen (secondary N) is 1. The lowest BCUT2D eigenvalue weighted by atomic mass is 10.1. The highest BCUT2D eigenvalue weighted by molar-refractivity contribution is 5.67. The number of hydrogen-bond acceptors (Lipinski definition) is 5. The summed E-state index contributed by atoms with van der Waals surface area (Å²) in [5.74, 6) is 1.85. The molecule has 1 unspecified atom stereocenters. The summed E-state index contributed by atoms with van der Waals surface area (Å²) in [5, 5.41) is 3.34. The Morgan fingerprint density at radius 1 is 1.60 bits per heavy atom. The molecule has 1 atom stereocenters. The van der Waals surface area contributed by atoms with Crippen LogP contribution in [0, 0.1) is 6.92 Å². The molecular formula is C10H14N4O. The van der Waals surface area contributed by atoms with Crippen LogP contribution in [0.1, 0.15) is 5.82 Å². The van der Waals surface area contributed by atoms with E-state index in [0.29, 0.717) is 6.04 Å². The summed E-state index contributed by atoms with van der Waals surface area (Å²) in [6, 6.07) is 0.417. The topological polar surface area (TPSA) is 50.3 Å². The number of ether oxygens (including phenoxy) is 1. The van der Waals surface area contributed by atoms with Crippen molar-refractivity contribution >= 4 is 11.5 Å². The summed E-state index contributed by atoms with van der Waals surface area (Å²) in [6.45, 7) is 5.34. The van der Waals surface area contributed by atoms with Crippen LogP contribution in [0.2, 0.25) is 0 Å². The maximum atomic E-state index is 5.46. The number of anilines is 2. The van der Waals surface area contributed by atoms with Gasteiger partial charge in [-0.1, -0.05) is 0 Å². The van der Waals surface area contributed by atoms with Gasteiger partial charge in [0.25, 0.3) is 0 Å². The van der Waals surface area contributed by atoms with Gasteiger partial charge in [-0.25, -0.2) is 9.97 Å². The van der Waals surface area contributed by atoms with Gasteiger partial charge in [-0.15, -0.1) is 0 Å². The van der Waals surface area contributed by atoms with E-state index in [1.165, 1.54) is 0 Å². The first-order valence-corrected chi connectivity index (χ1v) is 5.26. The van der Waals surface area contributed by atoms with Crippen molar-refractivity contribution in [2.75, 3.05) is 36.5 Å². The van der Waals surface area contributed by atoms with Crippen molar-refractivity contribution in [3.8, 4) is 0 Å². The van der Waals surface area contributed by atoms with E-state index in [1.807, 2.05) is 13.1 Å². The van der Waals surface area contributed by atoms with Crippen LogP contribution in [0.3, 0.4) is 0 Å². The van der Waals surface area contributed by atoms with Gasteiger partial charge in [-0.05, 0) is 6.92 Å². The number of hydrogen-bond donors (Lipinski definition) is 1. The molecule has 0 amide bonds. The number of aromatic nitrogens is 2. The van der Waals surface area contributed by atoms with Gasteiger partial charge in [-0.3, -0.25) is 0 Å². The maximum Gasteiger partial charge on any atom is 0.156 e. The molecule has 1 saturated heterocycles. The van der Waals surface area contributed by atoms with Gasteiger partial charge < -0.3 is 15.0 Å². The number of aryl methyl sites for hydroxylation is 1. The molecule has 1 N–H and O–H groups in total. The van der Waals surface area contributed by atoms with E-state index < -0.39 is 0 Å². The predicted octanol–water partition coefficient (Wildman–Crippen LogP) is 0.416. The molecule has 0 bridgehead atoms. The Morgan fingerprint density at radius 3 is 3.47 bits per heavy atom. The second-order valence-electron chi connectivity index (χ2n) is 3.96. The average molecular weight is 206 g/mol. The van der Waals surface area contributed by atoms with Crippen LogP contribution < -0.4 is 10.2 Å². The Balaban J connectivity index is 2.01. The third-order valence-corrected chi connectivity index (χ3v) is 2.92. The summed E-state index contributed by atoms with van der Waals surface area (Å²) in [5.41, 5.74) is 1.04. The minimum Gasteiger partial charge on any atom is -0.379 e. The van der Waals surface area contributed by atoms with E-state index in [1.54, 1.807) is 0 Å². The van der Waals surface area contributed by atoms with Crippen LogP contribution in [0.5, 0.6) is 0 Å². The van der Waals surface area contributed by atoms with E-state index in [9.17, 15) is 0 Å².